The van der Waals surface area contributed by atoms with Gasteiger partial charge in [0, 0.05) is 28.9 Å². The number of para-hydroxylation sites is 1. The van der Waals surface area contributed by atoms with Crippen LogP contribution in [0, 0.1) is 0 Å². The first-order valence-corrected chi connectivity index (χ1v) is 6.62. The zero-order valence-corrected chi connectivity index (χ0v) is 11.7. The Morgan fingerprint density at radius 2 is 2.00 bits per heavy atom. The van der Waals surface area contributed by atoms with Gasteiger partial charge in [0.25, 0.3) is 5.24 Å². The molecule has 0 unspecified atom stereocenters. The first kappa shape index (κ1) is 13.0. The third-order valence-corrected chi connectivity index (χ3v) is 3.47. The van der Waals surface area contributed by atoms with Gasteiger partial charge < -0.3 is 0 Å². The number of nitrogens with zero attached hydrogens (tertiary/aromatic N) is 2. The molecule has 0 amide bonds. The van der Waals surface area contributed by atoms with Gasteiger partial charge in [-0.25, -0.2) is 4.98 Å². The van der Waals surface area contributed by atoms with Crippen LogP contribution < -0.4 is 0 Å². The maximum Gasteiger partial charge on any atom is 0.253 e. The van der Waals surface area contributed by atoms with Crippen molar-refractivity contribution >= 4 is 39.3 Å². The lowest BCUT2D eigenvalue weighted by Crippen LogP contribution is -1.96. The molecule has 0 saturated heterocycles. The molecule has 0 atom stereocenters. The molecule has 98 valence electrons. The summed E-state index contributed by atoms with van der Waals surface area (Å²) in [6, 6.07) is 10.6. The van der Waals surface area contributed by atoms with E-state index in [0.717, 1.165) is 5.56 Å². The summed E-state index contributed by atoms with van der Waals surface area (Å²) in [5.74, 6) is 0. The molecule has 0 N–H and O–H groups in total. The molecular formula is C15H8Cl2N2O. The van der Waals surface area contributed by atoms with Gasteiger partial charge in [0.15, 0.2) is 0 Å². The highest BCUT2D eigenvalue weighted by atomic mass is 35.5. The first-order chi connectivity index (χ1) is 9.66. The SMILES string of the molecule is O=C(Cl)c1cc(-c2cccnc2)nc2c(Cl)cccc12. The van der Waals surface area contributed by atoms with Gasteiger partial charge in [-0.15, -0.1) is 0 Å². The Morgan fingerprint density at radius 3 is 2.70 bits per heavy atom. The van der Waals surface area contributed by atoms with Crippen LogP contribution in [0.2, 0.25) is 5.02 Å². The first-order valence-electron chi connectivity index (χ1n) is 5.86. The molecule has 0 fully saturated rings. The number of pyridine rings is 2. The minimum Gasteiger partial charge on any atom is -0.276 e. The predicted molar refractivity (Wildman–Crippen MR) is 80.2 cm³/mol. The summed E-state index contributed by atoms with van der Waals surface area (Å²) in [7, 11) is 0. The molecule has 0 saturated carbocycles. The number of hydrogen-bond donors (Lipinski definition) is 0. The van der Waals surface area contributed by atoms with Crippen molar-refractivity contribution in [3.8, 4) is 11.3 Å². The summed E-state index contributed by atoms with van der Waals surface area (Å²) in [5, 5.41) is 0.586. The molecule has 2 heterocycles. The Labute approximate surface area is 125 Å². The summed E-state index contributed by atoms with van der Waals surface area (Å²) >= 11 is 11.8. The third kappa shape index (κ3) is 2.26. The molecule has 0 aliphatic carbocycles. The van der Waals surface area contributed by atoms with Crippen LogP contribution in [-0.4, -0.2) is 15.2 Å². The molecule has 3 nitrogen and oxygen atoms in total. The Morgan fingerprint density at radius 1 is 1.15 bits per heavy atom. The maximum absolute atomic E-state index is 11.6. The molecule has 5 heteroatoms. The van der Waals surface area contributed by atoms with E-state index in [1.165, 1.54) is 0 Å². The highest BCUT2D eigenvalue weighted by Gasteiger charge is 2.13. The summed E-state index contributed by atoms with van der Waals surface area (Å²) in [5.41, 5.74) is 2.36. The van der Waals surface area contributed by atoms with E-state index in [1.807, 2.05) is 6.07 Å². The van der Waals surface area contributed by atoms with Gasteiger partial charge in [-0.2, -0.15) is 0 Å². The van der Waals surface area contributed by atoms with E-state index in [2.05, 4.69) is 9.97 Å². The maximum atomic E-state index is 11.6. The van der Waals surface area contributed by atoms with E-state index in [0.29, 0.717) is 27.2 Å². The molecule has 20 heavy (non-hydrogen) atoms. The fourth-order valence-electron chi connectivity index (χ4n) is 2.04. The third-order valence-electron chi connectivity index (χ3n) is 2.96. The van der Waals surface area contributed by atoms with Gasteiger partial charge in [0.05, 0.1) is 16.2 Å². The number of fused-ring (bicyclic) bond motifs is 1. The molecule has 0 spiro atoms. The van der Waals surface area contributed by atoms with Gasteiger partial charge in [-0.3, -0.25) is 9.78 Å². The van der Waals surface area contributed by atoms with Gasteiger partial charge in [-0.1, -0.05) is 23.7 Å². The molecule has 2 aromatic heterocycles. The van der Waals surface area contributed by atoms with E-state index in [1.54, 1.807) is 42.7 Å². The lowest BCUT2D eigenvalue weighted by molar-refractivity contribution is 0.108. The van der Waals surface area contributed by atoms with E-state index in [4.69, 9.17) is 23.2 Å². The second-order valence-corrected chi connectivity index (χ2v) is 4.96. The zero-order valence-electron chi connectivity index (χ0n) is 10.2. The number of aromatic nitrogens is 2. The van der Waals surface area contributed by atoms with Crippen molar-refractivity contribution in [2.45, 2.75) is 0 Å². The standard InChI is InChI=1S/C15H8Cl2N2O/c16-12-5-1-4-10-11(15(17)20)7-13(19-14(10)12)9-3-2-6-18-8-9/h1-8H. The molecule has 1 aromatic carbocycles. The Kier molecular flexibility index (Phi) is 3.38. The van der Waals surface area contributed by atoms with Crippen LogP contribution in [0.4, 0.5) is 0 Å². The van der Waals surface area contributed by atoms with Crippen LogP contribution in [0.1, 0.15) is 10.4 Å². The van der Waals surface area contributed by atoms with Gasteiger partial charge >= 0.3 is 0 Å². The van der Waals surface area contributed by atoms with Crippen LogP contribution in [0.5, 0.6) is 0 Å². The van der Waals surface area contributed by atoms with Gasteiger partial charge in [-0.05, 0) is 35.9 Å². The minimum absolute atomic E-state index is 0.387. The summed E-state index contributed by atoms with van der Waals surface area (Å²) in [4.78, 5) is 20.2. The van der Waals surface area contributed by atoms with E-state index in [-0.39, 0.29) is 0 Å². The number of benzene rings is 1. The largest absolute Gasteiger partial charge is 0.276 e. The highest BCUT2D eigenvalue weighted by Crippen LogP contribution is 2.29. The highest BCUT2D eigenvalue weighted by molar-refractivity contribution is 6.68. The van der Waals surface area contributed by atoms with Crippen molar-refractivity contribution in [2.75, 3.05) is 0 Å². The molecule has 0 aliphatic heterocycles. The average Bonchev–Trinajstić information content (AvgIpc) is 2.47. The van der Waals surface area contributed by atoms with E-state index >= 15 is 0 Å². The van der Waals surface area contributed by atoms with Crippen molar-refractivity contribution in [3.05, 3.63) is 59.4 Å². The topological polar surface area (TPSA) is 42.9 Å². The summed E-state index contributed by atoms with van der Waals surface area (Å²) < 4.78 is 0. The van der Waals surface area contributed by atoms with E-state index < -0.39 is 5.24 Å². The average molecular weight is 303 g/mol. The molecule has 3 rings (SSSR count). The molecular weight excluding hydrogens is 295 g/mol. The molecule has 0 radical (unpaired) electrons. The number of halogens is 2. The predicted octanol–water partition coefficient (Wildman–Crippen LogP) is 4.33. The fourth-order valence-corrected chi connectivity index (χ4v) is 2.41. The minimum atomic E-state index is -0.537. The normalized spacial score (nSPS) is 10.7. The van der Waals surface area contributed by atoms with Crippen LogP contribution >= 0.6 is 23.2 Å². The molecule has 0 aliphatic rings. The lowest BCUT2D eigenvalue weighted by Gasteiger charge is -2.08. The fraction of sp³-hybridized carbons (Fsp3) is 0. The van der Waals surface area contributed by atoms with Gasteiger partial charge in [0.1, 0.15) is 0 Å². The zero-order chi connectivity index (χ0) is 14.1. The van der Waals surface area contributed by atoms with Crippen molar-refractivity contribution < 1.29 is 4.79 Å². The Balaban J connectivity index is 2.36. The summed E-state index contributed by atoms with van der Waals surface area (Å²) in [6.07, 6.45) is 3.35. The van der Waals surface area contributed by atoms with Crippen molar-refractivity contribution in [1.29, 1.82) is 0 Å². The van der Waals surface area contributed by atoms with Crippen LogP contribution in [0.3, 0.4) is 0 Å². The molecule has 3 aromatic rings. The van der Waals surface area contributed by atoms with Crippen LogP contribution in [-0.2, 0) is 0 Å². The van der Waals surface area contributed by atoms with Gasteiger partial charge in [0.2, 0.25) is 0 Å². The Bertz CT molecular complexity index is 804. The number of carbonyl (C=O) groups is 1. The van der Waals surface area contributed by atoms with Crippen molar-refractivity contribution in [3.63, 3.8) is 0 Å². The molecule has 0 bridgehead atoms. The number of hydrogen-bond acceptors (Lipinski definition) is 3. The van der Waals surface area contributed by atoms with Crippen LogP contribution in [0.15, 0.2) is 48.8 Å². The van der Waals surface area contributed by atoms with Crippen LogP contribution in [0.25, 0.3) is 22.2 Å². The second-order valence-electron chi connectivity index (χ2n) is 4.21. The monoisotopic (exact) mass is 302 g/mol. The van der Waals surface area contributed by atoms with Crippen molar-refractivity contribution in [1.82, 2.24) is 9.97 Å². The quantitative estimate of drug-likeness (QED) is 0.662. The smallest absolute Gasteiger partial charge is 0.253 e. The van der Waals surface area contributed by atoms with E-state index in [9.17, 15) is 4.79 Å². The second kappa shape index (κ2) is 5.19. The number of rotatable bonds is 2. The lowest BCUT2D eigenvalue weighted by atomic mass is 10.1. The summed E-state index contributed by atoms with van der Waals surface area (Å²) in [6.45, 7) is 0. The van der Waals surface area contributed by atoms with Crippen molar-refractivity contribution in [2.24, 2.45) is 0 Å². The number of carbonyl (C=O) groups excluding carboxylic acids is 1. The Hall–Kier alpha value is -1.97.